The molecular formula is C32H50O6. The van der Waals surface area contributed by atoms with Crippen molar-refractivity contribution < 1.29 is 28.5 Å². The van der Waals surface area contributed by atoms with E-state index in [1.165, 1.54) is 12.2 Å². The predicted octanol–water partition coefficient (Wildman–Crippen LogP) is 6.72. The van der Waals surface area contributed by atoms with Gasteiger partial charge in [-0.1, -0.05) is 37.8 Å². The zero-order valence-corrected chi connectivity index (χ0v) is 23.5. The first-order valence-electron chi connectivity index (χ1n) is 14.9. The first-order chi connectivity index (χ1) is 18.6. The maximum Gasteiger partial charge on any atom is 0.330 e. The quantitative estimate of drug-likeness (QED) is 0.0848. The molecule has 38 heavy (non-hydrogen) atoms. The average molecular weight is 531 g/mol. The summed E-state index contributed by atoms with van der Waals surface area (Å²) in [6, 6.07) is 0. The normalized spacial score (nSPS) is 23.1. The molecule has 2 fully saturated rings. The molecule has 0 aromatic heterocycles. The molecule has 0 N–H and O–H groups in total. The molecule has 6 nitrogen and oxygen atoms in total. The van der Waals surface area contributed by atoms with Crippen LogP contribution in [0.5, 0.6) is 0 Å². The molecular weight excluding hydrogens is 480 g/mol. The van der Waals surface area contributed by atoms with Crippen LogP contribution >= 0.6 is 0 Å². The topological polar surface area (TPSA) is 71.1 Å². The third-order valence-electron chi connectivity index (χ3n) is 7.45. The van der Waals surface area contributed by atoms with E-state index in [1.807, 2.05) is 0 Å². The lowest BCUT2D eigenvalue weighted by atomic mass is 9.85. The molecule has 214 valence electrons. The predicted molar refractivity (Wildman–Crippen MR) is 150 cm³/mol. The summed E-state index contributed by atoms with van der Waals surface area (Å²) in [6.45, 7) is 9.39. The van der Waals surface area contributed by atoms with Gasteiger partial charge in [-0.2, -0.15) is 0 Å². The monoisotopic (exact) mass is 530 g/mol. The molecule has 0 radical (unpaired) electrons. The summed E-state index contributed by atoms with van der Waals surface area (Å²) >= 11 is 0. The van der Waals surface area contributed by atoms with Crippen molar-refractivity contribution in [2.75, 3.05) is 26.4 Å². The van der Waals surface area contributed by atoms with Gasteiger partial charge in [-0.25, -0.2) is 9.59 Å². The molecule has 0 saturated heterocycles. The standard InChI is InChI=1S/C32H50O6/c1-3-31(33)37-25-11-7-5-9-23-35-29-19-15-27(16-20-29)13-14-28-17-21-30(22-18-28)36-24-10-6-8-12-26-38-32(34)4-2/h3-4,27-30H,1-2,5-12,15-26H2. The van der Waals surface area contributed by atoms with Gasteiger partial charge in [-0.05, 0) is 89.9 Å². The fourth-order valence-electron chi connectivity index (χ4n) is 5.06. The molecule has 2 aliphatic rings. The number of hydrogen-bond acceptors (Lipinski definition) is 6. The Morgan fingerprint density at radius 3 is 1.24 bits per heavy atom. The molecule has 2 saturated carbocycles. The summed E-state index contributed by atoms with van der Waals surface area (Å²) in [7, 11) is 0. The van der Waals surface area contributed by atoms with Gasteiger partial charge < -0.3 is 18.9 Å². The number of rotatable bonds is 18. The molecule has 6 heteroatoms. The molecule has 0 aliphatic heterocycles. The van der Waals surface area contributed by atoms with Crippen LogP contribution in [-0.2, 0) is 28.5 Å². The molecule has 0 atom stereocenters. The van der Waals surface area contributed by atoms with Gasteiger partial charge in [0.25, 0.3) is 0 Å². The Kier molecular flexibility index (Phi) is 17.6. The number of carbonyl (C=O) groups excluding carboxylic acids is 2. The second kappa shape index (κ2) is 20.8. The number of esters is 2. The molecule has 0 unspecified atom stereocenters. The highest BCUT2D eigenvalue weighted by Crippen LogP contribution is 2.28. The Hall–Kier alpha value is -2.10. The van der Waals surface area contributed by atoms with Gasteiger partial charge in [-0.15, -0.1) is 0 Å². The summed E-state index contributed by atoms with van der Waals surface area (Å²) in [5.41, 5.74) is 0. The summed E-state index contributed by atoms with van der Waals surface area (Å²) < 4.78 is 22.2. The first-order valence-corrected chi connectivity index (χ1v) is 14.9. The number of carbonyl (C=O) groups is 2. The zero-order chi connectivity index (χ0) is 27.3. The van der Waals surface area contributed by atoms with Gasteiger partial charge in [0.05, 0.1) is 25.4 Å². The van der Waals surface area contributed by atoms with Gasteiger partial charge in [0.1, 0.15) is 0 Å². The lowest BCUT2D eigenvalue weighted by molar-refractivity contribution is -0.138. The fourth-order valence-corrected chi connectivity index (χ4v) is 5.06. The third-order valence-corrected chi connectivity index (χ3v) is 7.45. The Morgan fingerprint density at radius 1 is 0.553 bits per heavy atom. The highest BCUT2D eigenvalue weighted by molar-refractivity contribution is 5.81. The van der Waals surface area contributed by atoms with Crippen LogP contribution in [0.25, 0.3) is 0 Å². The summed E-state index contributed by atoms with van der Waals surface area (Å²) in [5.74, 6) is 7.57. The van der Waals surface area contributed by atoms with E-state index < -0.39 is 0 Å². The van der Waals surface area contributed by atoms with Crippen LogP contribution in [0.3, 0.4) is 0 Å². The number of unbranched alkanes of at least 4 members (excludes halogenated alkanes) is 6. The van der Waals surface area contributed by atoms with E-state index in [-0.39, 0.29) is 11.9 Å². The van der Waals surface area contributed by atoms with Gasteiger partial charge in [0, 0.05) is 37.2 Å². The van der Waals surface area contributed by atoms with E-state index in [0.29, 0.717) is 37.3 Å². The Morgan fingerprint density at radius 2 is 0.895 bits per heavy atom. The van der Waals surface area contributed by atoms with Crippen molar-refractivity contribution in [1.82, 2.24) is 0 Å². The van der Waals surface area contributed by atoms with E-state index in [1.54, 1.807) is 0 Å². The smallest absolute Gasteiger partial charge is 0.330 e. The average Bonchev–Trinajstić information content (AvgIpc) is 2.95. The third kappa shape index (κ3) is 15.3. The minimum atomic E-state index is -0.340. The molecule has 0 aromatic rings. The Bertz CT molecular complexity index is 675. The van der Waals surface area contributed by atoms with Crippen molar-refractivity contribution >= 4 is 11.9 Å². The molecule has 0 amide bonds. The molecule has 0 heterocycles. The SMILES string of the molecule is C=CC(=O)OCCCCCCOC1CCC(C#CC2CCC(OCCCCCCOC(=O)C=C)CC2)CC1. The second-order valence-corrected chi connectivity index (χ2v) is 10.5. The van der Waals surface area contributed by atoms with Crippen LogP contribution in [-0.4, -0.2) is 50.6 Å². The molecule has 2 rings (SSSR count). The van der Waals surface area contributed by atoms with Gasteiger partial charge in [-0.3, -0.25) is 0 Å². The molecule has 0 aromatic carbocycles. The maximum absolute atomic E-state index is 11.0. The minimum Gasteiger partial charge on any atom is -0.463 e. The van der Waals surface area contributed by atoms with E-state index in [4.69, 9.17) is 18.9 Å². The van der Waals surface area contributed by atoms with Crippen molar-refractivity contribution in [2.24, 2.45) is 11.8 Å². The first kappa shape index (κ1) is 32.1. The number of ether oxygens (including phenoxy) is 4. The van der Waals surface area contributed by atoms with E-state index in [9.17, 15) is 9.59 Å². The van der Waals surface area contributed by atoms with Crippen molar-refractivity contribution in [3.63, 3.8) is 0 Å². The van der Waals surface area contributed by atoms with E-state index >= 15 is 0 Å². The zero-order valence-electron chi connectivity index (χ0n) is 23.5. The number of hydrogen-bond donors (Lipinski definition) is 0. The largest absolute Gasteiger partial charge is 0.463 e. The van der Waals surface area contributed by atoms with Crippen LogP contribution in [0.2, 0.25) is 0 Å². The summed E-state index contributed by atoms with van der Waals surface area (Å²) in [4.78, 5) is 22.0. The van der Waals surface area contributed by atoms with Gasteiger partial charge in [0.2, 0.25) is 0 Å². The lowest BCUT2D eigenvalue weighted by Gasteiger charge is -2.27. The fraction of sp³-hybridized carbons (Fsp3) is 0.750. The summed E-state index contributed by atoms with van der Waals surface area (Å²) in [5, 5.41) is 0. The lowest BCUT2D eigenvalue weighted by Crippen LogP contribution is -2.22. The molecule has 0 spiro atoms. The maximum atomic E-state index is 11.0. The highest BCUT2D eigenvalue weighted by Gasteiger charge is 2.22. The van der Waals surface area contributed by atoms with Crippen molar-refractivity contribution in [2.45, 2.75) is 115 Å². The molecule has 0 bridgehead atoms. The summed E-state index contributed by atoms with van der Waals surface area (Å²) in [6.07, 6.45) is 20.6. The van der Waals surface area contributed by atoms with Crippen LogP contribution < -0.4 is 0 Å². The van der Waals surface area contributed by atoms with Crippen molar-refractivity contribution in [3.05, 3.63) is 25.3 Å². The van der Waals surface area contributed by atoms with Crippen LogP contribution in [0, 0.1) is 23.7 Å². The van der Waals surface area contributed by atoms with E-state index in [2.05, 4.69) is 25.0 Å². The Balaban J connectivity index is 1.42. The Labute approximate surface area is 230 Å². The van der Waals surface area contributed by atoms with Crippen LogP contribution in [0.1, 0.15) is 103 Å². The highest BCUT2D eigenvalue weighted by atomic mass is 16.5. The van der Waals surface area contributed by atoms with E-state index in [0.717, 1.165) is 116 Å². The van der Waals surface area contributed by atoms with Gasteiger partial charge in [0.15, 0.2) is 0 Å². The van der Waals surface area contributed by atoms with Crippen molar-refractivity contribution in [1.29, 1.82) is 0 Å². The second-order valence-electron chi connectivity index (χ2n) is 10.5. The van der Waals surface area contributed by atoms with Crippen molar-refractivity contribution in [3.8, 4) is 11.8 Å². The van der Waals surface area contributed by atoms with Gasteiger partial charge >= 0.3 is 11.9 Å². The van der Waals surface area contributed by atoms with Crippen LogP contribution in [0.4, 0.5) is 0 Å². The molecule has 2 aliphatic carbocycles. The minimum absolute atomic E-state index is 0.340. The van der Waals surface area contributed by atoms with Crippen LogP contribution in [0.15, 0.2) is 25.3 Å².